The van der Waals surface area contributed by atoms with E-state index in [1.54, 1.807) is 55.6 Å². The Bertz CT molecular complexity index is 1200. The molecule has 0 unspecified atom stereocenters. The quantitative estimate of drug-likeness (QED) is 0.626. The lowest BCUT2D eigenvalue weighted by atomic mass is 10.2. The number of benzene rings is 3. The van der Waals surface area contributed by atoms with Crippen molar-refractivity contribution in [3.05, 3.63) is 77.8 Å². The summed E-state index contributed by atoms with van der Waals surface area (Å²) in [5.41, 5.74) is 0.909. The second kappa shape index (κ2) is 8.49. The summed E-state index contributed by atoms with van der Waals surface area (Å²) in [6.07, 6.45) is -1.04. The van der Waals surface area contributed by atoms with Crippen LogP contribution in [-0.2, 0) is 14.8 Å². The fourth-order valence-electron chi connectivity index (χ4n) is 3.20. The zero-order valence-corrected chi connectivity index (χ0v) is 18.1. The van der Waals surface area contributed by atoms with Gasteiger partial charge in [0.15, 0.2) is 6.10 Å². The molecule has 0 bridgehead atoms. The van der Waals surface area contributed by atoms with Crippen LogP contribution in [0.15, 0.2) is 77.7 Å². The highest BCUT2D eigenvalue weighted by atomic mass is 35.5. The van der Waals surface area contributed by atoms with Gasteiger partial charge in [0.05, 0.1) is 24.2 Å². The van der Waals surface area contributed by atoms with Crippen LogP contribution in [0.2, 0.25) is 5.02 Å². The van der Waals surface area contributed by atoms with Gasteiger partial charge in [0.1, 0.15) is 11.5 Å². The first-order valence-corrected chi connectivity index (χ1v) is 11.2. The molecule has 4 rings (SSSR count). The number of ether oxygens (including phenoxy) is 2. The number of carbonyl (C=O) groups is 1. The summed E-state index contributed by atoms with van der Waals surface area (Å²) in [4.78, 5) is 13.0. The van der Waals surface area contributed by atoms with Crippen LogP contribution in [0.3, 0.4) is 0 Å². The average Bonchev–Trinajstić information content (AvgIpc) is 2.79. The third-order valence-electron chi connectivity index (χ3n) is 4.79. The van der Waals surface area contributed by atoms with Gasteiger partial charge in [0.2, 0.25) is 0 Å². The molecule has 0 radical (unpaired) electrons. The lowest BCUT2D eigenvalue weighted by Gasteiger charge is -2.34. The zero-order chi connectivity index (χ0) is 22.0. The molecule has 7 nitrogen and oxygen atoms in total. The summed E-state index contributed by atoms with van der Waals surface area (Å²) >= 11 is 5.90. The van der Waals surface area contributed by atoms with Crippen molar-refractivity contribution in [3.8, 4) is 11.5 Å². The summed E-state index contributed by atoms with van der Waals surface area (Å²) in [6.45, 7) is -0.177. The molecule has 0 aromatic heterocycles. The van der Waals surface area contributed by atoms with Crippen LogP contribution < -0.4 is 19.1 Å². The fraction of sp³-hybridized carbons (Fsp3) is 0.136. The number of sulfonamides is 1. The van der Waals surface area contributed by atoms with Gasteiger partial charge in [-0.05, 0) is 60.7 Å². The van der Waals surface area contributed by atoms with Crippen molar-refractivity contribution in [2.75, 3.05) is 23.3 Å². The van der Waals surface area contributed by atoms with Crippen LogP contribution in [0.1, 0.15) is 0 Å². The number of hydrogen-bond donors (Lipinski definition) is 1. The van der Waals surface area contributed by atoms with E-state index in [1.165, 1.54) is 28.6 Å². The van der Waals surface area contributed by atoms with E-state index in [0.29, 0.717) is 27.9 Å². The normalized spacial score (nSPS) is 15.5. The number of methoxy groups -OCH3 is 1. The predicted molar refractivity (Wildman–Crippen MR) is 118 cm³/mol. The molecule has 0 saturated heterocycles. The van der Waals surface area contributed by atoms with Crippen LogP contribution in [0.4, 0.5) is 11.4 Å². The van der Waals surface area contributed by atoms with Gasteiger partial charge in [0.25, 0.3) is 15.9 Å². The number of anilines is 2. The van der Waals surface area contributed by atoms with Crippen molar-refractivity contribution in [1.29, 1.82) is 0 Å². The van der Waals surface area contributed by atoms with Crippen LogP contribution in [0.25, 0.3) is 0 Å². The first kappa shape index (κ1) is 21.0. The largest absolute Gasteiger partial charge is 0.497 e. The number of carbonyl (C=O) groups excluding carboxylic acids is 1. The summed E-state index contributed by atoms with van der Waals surface area (Å²) in [6, 6.07) is 19.4. The third kappa shape index (κ3) is 4.30. The molecule has 9 heteroatoms. The minimum Gasteiger partial charge on any atom is -0.497 e. The molecule has 31 heavy (non-hydrogen) atoms. The third-order valence-corrected chi connectivity index (χ3v) is 6.83. The minimum atomic E-state index is -3.94. The molecule has 0 fully saturated rings. The topological polar surface area (TPSA) is 84.9 Å². The molecule has 1 aliphatic heterocycles. The van der Waals surface area contributed by atoms with Gasteiger partial charge >= 0.3 is 0 Å². The second-order valence-corrected chi connectivity index (χ2v) is 9.08. The first-order valence-electron chi connectivity index (χ1n) is 9.37. The molecule has 1 atom stereocenters. The molecule has 160 valence electrons. The fourth-order valence-corrected chi connectivity index (χ4v) is 4.80. The smallest absolute Gasteiger partial charge is 0.267 e. The maximum Gasteiger partial charge on any atom is 0.267 e. The molecule has 1 heterocycles. The Labute approximate surface area is 185 Å². The number of nitrogens with zero attached hydrogens (tertiary/aromatic N) is 1. The van der Waals surface area contributed by atoms with Crippen LogP contribution >= 0.6 is 11.6 Å². The Morgan fingerprint density at radius 1 is 1.06 bits per heavy atom. The molecule has 3 aromatic carbocycles. The molecule has 1 aliphatic rings. The van der Waals surface area contributed by atoms with Gasteiger partial charge < -0.3 is 14.8 Å². The molecule has 1 N–H and O–H groups in total. The number of fused-ring (bicyclic) bond motifs is 1. The lowest BCUT2D eigenvalue weighted by Crippen LogP contribution is -2.48. The van der Waals surface area contributed by atoms with Gasteiger partial charge in [-0.15, -0.1) is 0 Å². The van der Waals surface area contributed by atoms with Crippen LogP contribution in [-0.4, -0.2) is 34.1 Å². The van der Waals surface area contributed by atoms with Crippen molar-refractivity contribution < 1.29 is 22.7 Å². The summed E-state index contributed by atoms with van der Waals surface area (Å²) in [5, 5.41) is 3.18. The Morgan fingerprint density at radius 3 is 2.42 bits per heavy atom. The van der Waals surface area contributed by atoms with E-state index < -0.39 is 22.0 Å². The second-order valence-electron chi connectivity index (χ2n) is 6.78. The van der Waals surface area contributed by atoms with Gasteiger partial charge in [-0.2, -0.15) is 0 Å². The Hall–Kier alpha value is -3.23. The van der Waals surface area contributed by atoms with Crippen molar-refractivity contribution >= 4 is 38.9 Å². The number of para-hydroxylation sites is 2. The van der Waals surface area contributed by atoms with Crippen molar-refractivity contribution in [3.63, 3.8) is 0 Å². The van der Waals surface area contributed by atoms with Gasteiger partial charge in [-0.25, -0.2) is 8.42 Å². The first-order chi connectivity index (χ1) is 14.9. The number of amides is 1. The molecular weight excluding hydrogens is 440 g/mol. The van der Waals surface area contributed by atoms with Crippen molar-refractivity contribution in [2.24, 2.45) is 0 Å². The zero-order valence-electron chi connectivity index (χ0n) is 16.5. The average molecular weight is 459 g/mol. The van der Waals surface area contributed by atoms with Crippen molar-refractivity contribution in [1.82, 2.24) is 0 Å². The summed E-state index contributed by atoms with van der Waals surface area (Å²) < 4.78 is 38.8. The summed E-state index contributed by atoms with van der Waals surface area (Å²) in [7, 11) is -2.39. The maximum absolute atomic E-state index is 13.3. The monoisotopic (exact) mass is 458 g/mol. The SMILES string of the molecule is COc1ccc(NC(=O)[C@@H]2CN(S(=O)(=O)c3ccc(Cl)cc3)c3ccccc3O2)cc1. The number of hydrogen-bond acceptors (Lipinski definition) is 5. The molecule has 0 aliphatic carbocycles. The van der Waals surface area contributed by atoms with Crippen LogP contribution in [0, 0.1) is 0 Å². The Kier molecular flexibility index (Phi) is 5.75. The van der Waals surface area contributed by atoms with E-state index >= 15 is 0 Å². The van der Waals surface area contributed by atoms with Crippen LogP contribution in [0.5, 0.6) is 11.5 Å². The molecular formula is C22H19ClN2O5S. The van der Waals surface area contributed by atoms with E-state index in [-0.39, 0.29) is 11.4 Å². The van der Waals surface area contributed by atoms with E-state index in [9.17, 15) is 13.2 Å². The molecule has 0 spiro atoms. The van der Waals surface area contributed by atoms with Gasteiger partial charge in [0, 0.05) is 10.7 Å². The van der Waals surface area contributed by atoms with Crippen molar-refractivity contribution in [2.45, 2.75) is 11.0 Å². The van der Waals surface area contributed by atoms with Gasteiger partial charge in [-0.3, -0.25) is 9.10 Å². The number of rotatable bonds is 5. The van der Waals surface area contributed by atoms with E-state index in [1.807, 2.05) is 0 Å². The Morgan fingerprint density at radius 2 is 1.74 bits per heavy atom. The Balaban J connectivity index is 1.63. The predicted octanol–water partition coefficient (Wildman–Crippen LogP) is 3.94. The highest BCUT2D eigenvalue weighted by Crippen LogP contribution is 2.37. The number of nitrogens with one attached hydrogen (secondary N) is 1. The highest BCUT2D eigenvalue weighted by Gasteiger charge is 2.37. The molecule has 1 amide bonds. The highest BCUT2D eigenvalue weighted by molar-refractivity contribution is 7.92. The molecule has 0 saturated carbocycles. The maximum atomic E-state index is 13.3. The van der Waals surface area contributed by atoms with E-state index in [0.717, 1.165) is 0 Å². The van der Waals surface area contributed by atoms with E-state index in [2.05, 4.69) is 5.32 Å². The van der Waals surface area contributed by atoms with E-state index in [4.69, 9.17) is 21.1 Å². The standard InChI is InChI=1S/C22H19ClN2O5S/c1-29-17-10-8-16(9-11-17)24-22(26)21-14-25(19-4-2-3-5-20(19)30-21)31(27,28)18-12-6-15(23)7-13-18/h2-13,21H,14H2,1H3,(H,24,26)/t21-/m0/s1. The van der Waals surface area contributed by atoms with Gasteiger partial charge in [-0.1, -0.05) is 23.7 Å². The lowest BCUT2D eigenvalue weighted by molar-refractivity contribution is -0.122. The summed E-state index contributed by atoms with van der Waals surface area (Å²) in [5.74, 6) is 0.498. The number of halogens is 1. The molecule has 3 aromatic rings. The minimum absolute atomic E-state index is 0.0721.